The van der Waals surface area contributed by atoms with E-state index in [1.165, 1.54) is 29.7 Å². The monoisotopic (exact) mass is 640 g/mol. The van der Waals surface area contributed by atoms with E-state index in [1.54, 1.807) is 26.2 Å². The summed E-state index contributed by atoms with van der Waals surface area (Å²) >= 11 is 7.68. The van der Waals surface area contributed by atoms with Crippen molar-refractivity contribution in [2.45, 2.75) is 50.9 Å². The number of benzene rings is 1. The number of ether oxygens (including phenoxy) is 2. The summed E-state index contributed by atoms with van der Waals surface area (Å²) in [6.07, 6.45) is 1.07. The first kappa shape index (κ1) is 32.0. The maximum atomic E-state index is 14.1. The Labute approximate surface area is 253 Å². The van der Waals surface area contributed by atoms with Crippen LogP contribution in [0.5, 0.6) is 0 Å². The van der Waals surface area contributed by atoms with Crippen LogP contribution in [0, 0.1) is 5.82 Å². The molecule has 3 aromatic rings. The molecule has 0 bridgehead atoms. The molecule has 1 aliphatic rings. The third-order valence-corrected chi connectivity index (χ3v) is 7.27. The number of alkyl carbamates (subject to hydrolysis) is 1. The van der Waals surface area contributed by atoms with Crippen molar-refractivity contribution in [3.8, 4) is 0 Å². The fraction of sp³-hybridized carbons (Fsp3) is 0.370. The number of esters is 1. The number of nitrogens with one attached hydrogen (secondary N) is 2. The molecule has 3 heterocycles. The maximum Gasteiger partial charge on any atom is 0.408 e. The molecule has 2 atom stereocenters. The zero-order chi connectivity index (χ0) is 31.5. The molecule has 3 N–H and O–H groups in total. The number of aliphatic hydroxyl groups is 1. The number of nitrogens with zero attached hydrogens (tertiary/aromatic N) is 4. The van der Waals surface area contributed by atoms with Crippen molar-refractivity contribution >= 4 is 46.4 Å². The van der Waals surface area contributed by atoms with Gasteiger partial charge >= 0.3 is 18.6 Å². The summed E-state index contributed by atoms with van der Waals surface area (Å²) in [7, 11) is 1.07. The number of carbonyl (C=O) groups is 2. The molecule has 1 amide bonds. The highest BCUT2D eigenvalue weighted by molar-refractivity contribution is 7.11. The molecule has 0 fully saturated rings. The number of methoxy groups -OCH3 is 1. The van der Waals surface area contributed by atoms with E-state index in [4.69, 9.17) is 26.1 Å². The lowest BCUT2D eigenvalue weighted by Gasteiger charge is -2.35. The molecular formula is C27H28ClF3N6O5S. The highest BCUT2D eigenvalue weighted by Gasteiger charge is 2.45. The summed E-state index contributed by atoms with van der Waals surface area (Å²) in [4.78, 5) is 35.1. The van der Waals surface area contributed by atoms with Crippen molar-refractivity contribution in [3.05, 3.63) is 74.8 Å². The SMILES string of the molecule is COC(=O)C(CO)(CC1=C(c2ccn(C(F)F)n2)[C@H](c2ccc(F)cc2Cl)N=C(c2nccs2)N1)NC(=O)OC(C)(C)C. The number of alkyl halides is 2. The van der Waals surface area contributed by atoms with Gasteiger partial charge in [0.1, 0.15) is 17.5 Å². The van der Waals surface area contributed by atoms with Crippen molar-refractivity contribution < 1.29 is 37.3 Å². The Morgan fingerprint density at radius 3 is 2.58 bits per heavy atom. The Morgan fingerprint density at radius 1 is 1.28 bits per heavy atom. The third-order valence-electron chi connectivity index (χ3n) is 6.17. The topological polar surface area (TPSA) is 140 Å². The fourth-order valence-electron chi connectivity index (χ4n) is 4.35. The van der Waals surface area contributed by atoms with Crippen LogP contribution < -0.4 is 10.6 Å². The van der Waals surface area contributed by atoms with E-state index in [9.17, 15) is 27.9 Å². The molecule has 0 saturated heterocycles. The second-order valence-electron chi connectivity index (χ2n) is 10.4. The second-order valence-corrected chi connectivity index (χ2v) is 11.7. The van der Waals surface area contributed by atoms with Crippen LogP contribution >= 0.6 is 22.9 Å². The maximum absolute atomic E-state index is 14.1. The van der Waals surface area contributed by atoms with Crippen LogP contribution in [-0.4, -0.2) is 62.6 Å². The molecule has 0 aliphatic carbocycles. The van der Waals surface area contributed by atoms with E-state index in [0.29, 0.717) is 9.69 Å². The van der Waals surface area contributed by atoms with Gasteiger partial charge in [0.05, 0.1) is 19.4 Å². The first-order valence-electron chi connectivity index (χ1n) is 12.7. The molecule has 16 heteroatoms. The predicted molar refractivity (Wildman–Crippen MR) is 152 cm³/mol. The summed E-state index contributed by atoms with van der Waals surface area (Å²) in [6.45, 7) is 0.914. The molecular weight excluding hydrogens is 613 g/mol. The molecule has 4 rings (SSSR count). The predicted octanol–water partition coefficient (Wildman–Crippen LogP) is 4.85. The summed E-state index contributed by atoms with van der Waals surface area (Å²) in [5.74, 6) is -1.45. The van der Waals surface area contributed by atoms with Crippen molar-refractivity contribution in [2.75, 3.05) is 13.7 Å². The number of hydrogen-bond acceptors (Lipinski definition) is 10. The minimum atomic E-state index is -2.97. The second kappa shape index (κ2) is 12.7. The minimum Gasteiger partial charge on any atom is -0.467 e. The van der Waals surface area contributed by atoms with Gasteiger partial charge in [-0.3, -0.25) is 4.99 Å². The molecule has 1 unspecified atom stereocenters. The number of amides is 1. The van der Waals surface area contributed by atoms with Crippen LogP contribution in [0.15, 0.2) is 52.7 Å². The normalized spacial score (nSPS) is 16.8. The highest BCUT2D eigenvalue weighted by atomic mass is 35.5. The number of rotatable bonds is 9. The number of hydrogen-bond donors (Lipinski definition) is 3. The number of aromatic nitrogens is 3. The van der Waals surface area contributed by atoms with Gasteiger partial charge in [-0.15, -0.1) is 11.3 Å². The molecule has 0 radical (unpaired) electrons. The van der Waals surface area contributed by atoms with Crippen molar-refractivity contribution in [1.29, 1.82) is 0 Å². The molecule has 43 heavy (non-hydrogen) atoms. The van der Waals surface area contributed by atoms with E-state index in [1.807, 2.05) is 0 Å². The van der Waals surface area contributed by atoms with Gasteiger partial charge < -0.3 is 25.2 Å². The average molecular weight is 641 g/mol. The van der Waals surface area contributed by atoms with E-state index >= 15 is 0 Å². The van der Waals surface area contributed by atoms with Gasteiger partial charge in [-0.05, 0) is 39.0 Å². The Kier molecular flexibility index (Phi) is 9.47. The van der Waals surface area contributed by atoms with Gasteiger partial charge in [-0.2, -0.15) is 13.9 Å². The van der Waals surface area contributed by atoms with E-state index in [-0.39, 0.29) is 33.4 Å². The van der Waals surface area contributed by atoms with Gasteiger partial charge in [-0.1, -0.05) is 17.7 Å². The molecule has 230 valence electrons. The van der Waals surface area contributed by atoms with Gasteiger partial charge in [0.25, 0.3) is 0 Å². The van der Waals surface area contributed by atoms with E-state index in [2.05, 4.69) is 20.7 Å². The first-order valence-corrected chi connectivity index (χ1v) is 14.0. The summed E-state index contributed by atoms with van der Waals surface area (Å²) in [6, 6.07) is 3.84. The first-order chi connectivity index (χ1) is 20.3. The quantitative estimate of drug-likeness (QED) is 0.282. The van der Waals surface area contributed by atoms with Crippen LogP contribution in [0.2, 0.25) is 5.02 Å². The van der Waals surface area contributed by atoms with Gasteiger partial charge in [0, 0.05) is 46.1 Å². The fourth-order valence-corrected chi connectivity index (χ4v) is 5.20. The van der Waals surface area contributed by atoms with Gasteiger partial charge in [-0.25, -0.2) is 23.6 Å². The Morgan fingerprint density at radius 2 is 2.02 bits per heavy atom. The lowest BCUT2D eigenvalue weighted by Crippen LogP contribution is -2.59. The van der Waals surface area contributed by atoms with Crippen LogP contribution in [0.1, 0.15) is 56.0 Å². The molecule has 0 saturated carbocycles. The molecule has 2 aromatic heterocycles. The van der Waals surface area contributed by atoms with Gasteiger partial charge in [0.2, 0.25) is 0 Å². The zero-order valence-electron chi connectivity index (χ0n) is 23.4. The molecule has 1 aliphatic heterocycles. The molecule has 1 aromatic carbocycles. The van der Waals surface area contributed by atoms with E-state index in [0.717, 1.165) is 25.4 Å². The largest absolute Gasteiger partial charge is 0.467 e. The number of carbonyl (C=O) groups excluding carboxylic acids is 2. The van der Waals surface area contributed by atoms with Crippen LogP contribution in [-0.2, 0) is 14.3 Å². The summed E-state index contributed by atoms with van der Waals surface area (Å²) in [5.41, 5.74) is -2.51. The number of aliphatic hydroxyl groups excluding tert-OH is 1. The zero-order valence-corrected chi connectivity index (χ0v) is 25.0. The lowest BCUT2D eigenvalue weighted by molar-refractivity contribution is -0.150. The van der Waals surface area contributed by atoms with Crippen LogP contribution in [0.3, 0.4) is 0 Å². The summed E-state index contributed by atoms with van der Waals surface area (Å²) < 4.78 is 51.9. The average Bonchev–Trinajstić information content (AvgIpc) is 3.64. The van der Waals surface area contributed by atoms with Crippen LogP contribution in [0.4, 0.5) is 18.0 Å². The third kappa shape index (κ3) is 7.17. The molecule has 11 nitrogen and oxygen atoms in total. The van der Waals surface area contributed by atoms with Gasteiger partial charge in [0.15, 0.2) is 16.4 Å². The number of thiazole rings is 1. The Hall–Kier alpha value is -3.95. The number of aliphatic imine (C=N–C) groups is 1. The van der Waals surface area contributed by atoms with Crippen molar-refractivity contribution in [2.24, 2.45) is 4.99 Å². The molecule has 0 spiro atoms. The van der Waals surface area contributed by atoms with E-state index < -0.39 is 54.6 Å². The highest BCUT2D eigenvalue weighted by Crippen LogP contribution is 2.42. The van der Waals surface area contributed by atoms with Crippen molar-refractivity contribution in [3.63, 3.8) is 0 Å². The number of halogens is 4. The standard InChI is InChI=1S/C27H28ClF3N6O5S/c1-26(2,3)42-25(40)35-27(13-38,23(39)41-4)12-18-19(17-7-9-37(36-17)24(30)31)20(15-6-5-14(29)11-16(15)28)34-21(33-18)22-32-8-10-43-22/h5-11,20,24,38H,12-13H2,1-4H3,(H,33,34)(H,35,40)/t20-,27?/m0/s1. The van der Waals surface area contributed by atoms with Crippen LogP contribution in [0.25, 0.3) is 5.57 Å². The van der Waals surface area contributed by atoms with Crippen molar-refractivity contribution in [1.82, 2.24) is 25.4 Å². The Balaban J connectivity index is 1.96. The lowest BCUT2D eigenvalue weighted by atomic mass is 9.86. The Bertz CT molecular complexity index is 1560. The summed E-state index contributed by atoms with van der Waals surface area (Å²) in [5, 5.41) is 22.1. The smallest absolute Gasteiger partial charge is 0.408 e. The number of amidine groups is 1. The minimum absolute atomic E-state index is 0.00380.